The predicted molar refractivity (Wildman–Crippen MR) is 131 cm³/mol. The summed E-state index contributed by atoms with van der Waals surface area (Å²) in [5.74, 6) is 0. The Labute approximate surface area is 179 Å². The zero-order valence-electron chi connectivity index (χ0n) is 20.1. The molecule has 0 aromatic heterocycles. The van der Waals surface area contributed by atoms with Crippen LogP contribution in [0.5, 0.6) is 0 Å². The van der Waals surface area contributed by atoms with Gasteiger partial charge in [-0.2, -0.15) is 0 Å². The third-order valence-electron chi connectivity index (χ3n) is 6.00. The second-order valence-electron chi connectivity index (χ2n) is 9.00. The summed E-state index contributed by atoms with van der Waals surface area (Å²) in [6.45, 7) is 11.2. The summed E-state index contributed by atoms with van der Waals surface area (Å²) in [5, 5.41) is 0. The molecule has 0 amide bonds. The van der Waals surface area contributed by atoms with Gasteiger partial charge in [0, 0.05) is 0 Å². The van der Waals surface area contributed by atoms with Gasteiger partial charge in [-0.25, -0.2) is 0 Å². The van der Waals surface area contributed by atoms with E-state index in [1.54, 1.807) is 5.57 Å². The van der Waals surface area contributed by atoms with Crippen molar-refractivity contribution in [3.8, 4) is 0 Å². The quantitative estimate of drug-likeness (QED) is 0.127. The molecule has 0 nitrogen and oxygen atoms in total. The lowest BCUT2D eigenvalue weighted by molar-refractivity contribution is 0.585. The van der Waals surface area contributed by atoms with Crippen molar-refractivity contribution in [2.45, 2.75) is 156 Å². The van der Waals surface area contributed by atoms with E-state index in [1.165, 1.54) is 140 Å². The van der Waals surface area contributed by atoms with Gasteiger partial charge < -0.3 is 0 Å². The van der Waals surface area contributed by atoms with E-state index in [9.17, 15) is 0 Å². The molecule has 28 heavy (non-hydrogen) atoms. The predicted octanol–water partition coefficient (Wildman–Crippen LogP) is 10.7. The van der Waals surface area contributed by atoms with Gasteiger partial charge in [-0.3, -0.25) is 0 Å². The van der Waals surface area contributed by atoms with E-state index in [0.717, 1.165) is 0 Å². The molecule has 0 aliphatic rings. The molecule has 0 saturated carbocycles. The summed E-state index contributed by atoms with van der Waals surface area (Å²) < 4.78 is 0. The molecule has 0 aliphatic carbocycles. The normalized spacial score (nSPS) is 11.9. The molecular formula is C28H54. The summed E-state index contributed by atoms with van der Waals surface area (Å²) in [6.07, 6.45) is 31.4. The molecule has 0 radical (unpaired) electrons. The lowest BCUT2D eigenvalue weighted by Gasteiger charge is -2.08. The Morgan fingerprint density at radius 3 is 1.50 bits per heavy atom. The van der Waals surface area contributed by atoms with E-state index < -0.39 is 0 Å². The Kier molecular flexibility index (Phi) is 22.3. The Balaban J connectivity index is 3.61. The summed E-state index contributed by atoms with van der Waals surface area (Å²) >= 11 is 0. The maximum atomic E-state index is 4.27. The maximum Gasteiger partial charge on any atom is -0.0320 e. The molecule has 0 aromatic rings. The molecule has 0 bridgehead atoms. The number of hydrogen-bond acceptors (Lipinski definition) is 0. The molecule has 0 heterocycles. The van der Waals surface area contributed by atoms with Crippen LogP contribution in [-0.4, -0.2) is 0 Å². The molecule has 0 fully saturated rings. The van der Waals surface area contributed by atoms with E-state index in [2.05, 4.69) is 33.4 Å². The second kappa shape index (κ2) is 22.8. The first-order chi connectivity index (χ1) is 13.7. The lowest BCUT2D eigenvalue weighted by Crippen LogP contribution is -1.88. The van der Waals surface area contributed by atoms with E-state index in [0.29, 0.717) is 0 Å². The molecule has 0 unspecified atom stereocenters. The van der Waals surface area contributed by atoms with E-state index in [4.69, 9.17) is 0 Å². The average Bonchev–Trinajstić information content (AvgIpc) is 2.70. The molecule has 0 saturated heterocycles. The molecule has 0 rings (SSSR count). The minimum Gasteiger partial charge on any atom is -0.0999 e. The topological polar surface area (TPSA) is 0 Å². The van der Waals surface area contributed by atoms with Gasteiger partial charge in [0.25, 0.3) is 0 Å². The number of allylic oxidation sites excluding steroid dienone is 3. The molecule has 0 heteroatoms. The maximum absolute atomic E-state index is 4.27. The molecule has 0 spiro atoms. The number of rotatable bonds is 22. The van der Waals surface area contributed by atoms with Crippen molar-refractivity contribution in [1.29, 1.82) is 0 Å². The molecule has 0 N–H and O–H groups in total. The van der Waals surface area contributed by atoms with Crippen molar-refractivity contribution in [3.05, 3.63) is 23.8 Å². The molecule has 0 atom stereocenters. The number of hydrogen-bond donors (Lipinski definition) is 0. The van der Waals surface area contributed by atoms with Crippen LogP contribution in [0.3, 0.4) is 0 Å². The lowest BCUT2D eigenvalue weighted by atomic mass is 9.99. The second-order valence-corrected chi connectivity index (χ2v) is 9.00. The summed E-state index contributed by atoms with van der Waals surface area (Å²) in [7, 11) is 0. The number of unbranched alkanes of at least 4 members (excludes halogenated alkanes) is 13. The monoisotopic (exact) mass is 390 g/mol. The van der Waals surface area contributed by atoms with Gasteiger partial charge in [0.15, 0.2) is 0 Å². The van der Waals surface area contributed by atoms with Crippen molar-refractivity contribution >= 4 is 0 Å². The van der Waals surface area contributed by atoms with Gasteiger partial charge in [-0.1, -0.05) is 115 Å². The third kappa shape index (κ3) is 20.2. The Morgan fingerprint density at radius 1 is 0.500 bits per heavy atom. The van der Waals surface area contributed by atoms with Gasteiger partial charge >= 0.3 is 0 Å². The molecule has 166 valence electrons. The van der Waals surface area contributed by atoms with Crippen LogP contribution in [0, 0.1) is 0 Å². The van der Waals surface area contributed by atoms with Crippen molar-refractivity contribution in [2.24, 2.45) is 0 Å². The highest BCUT2D eigenvalue weighted by atomic mass is 14.1. The Morgan fingerprint density at radius 2 is 0.929 bits per heavy atom. The van der Waals surface area contributed by atoms with Crippen LogP contribution in [0.4, 0.5) is 0 Å². The summed E-state index contributed by atoms with van der Waals surface area (Å²) in [6, 6.07) is 0. The van der Waals surface area contributed by atoms with Crippen LogP contribution in [0.25, 0.3) is 0 Å². The van der Waals surface area contributed by atoms with Crippen molar-refractivity contribution in [3.63, 3.8) is 0 Å². The zero-order chi connectivity index (χ0) is 20.7. The third-order valence-corrected chi connectivity index (χ3v) is 6.00. The minimum atomic E-state index is 1.27. The van der Waals surface area contributed by atoms with Crippen LogP contribution in [0.15, 0.2) is 23.8 Å². The van der Waals surface area contributed by atoms with Crippen LogP contribution in [-0.2, 0) is 0 Å². The largest absolute Gasteiger partial charge is 0.0999 e. The van der Waals surface area contributed by atoms with Crippen molar-refractivity contribution in [2.75, 3.05) is 0 Å². The molecular weight excluding hydrogens is 336 g/mol. The Bertz CT molecular complexity index is 349. The highest BCUT2D eigenvalue weighted by Crippen LogP contribution is 2.19. The summed E-state index contributed by atoms with van der Waals surface area (Å²) in [4.78, 5) is 0. The van der Waals surface area contributed by atoms with Gasteiger partial charge in [0.2, 0.25) is 0 Å². The van der Waals surface area contributed by atoms with Gasteiger partial charge in [-0.05, 0) is 64.2 Å². The smallest absolute Gasteiger partial charge is 0.0320 e. The van der Waals surface area contributed by atoms with E-state index >= 15 is 0 Å². The molecule has 0 aliphatic heterocycles. The van der Waals surface area contributed by atoms with Gasteiger partial charge in [0.1, 0.15) is 0 Å². The van der Waals surface area contributed by atoms with Crippen molar-refractivity contribution < 1.29 is 0 Å². The van der Waals surface area contributed by atoms with Crippen LogP contribution >= 0.6 is 0 Å². The van der Waals surface area contributed by atoms with Crippen LogP contribution < -0.4 is 0 Å². The Hall–Kier alpha value is -0.520. The standard InChI is InChI=1S/C28H54/c1-5-8-11-18-22-27(4)23-19-16-14-13-15-17-21-26-28(24-10-7-3)25-20-12-9-6-2/h26H,4-25H2,1-3H3. The first-order valence-corrected chi connectivity index (χ1v) is 13.1. The fraction of sp³-hybridized carbons (Fsp3) is 0.857. The first kappa shape index (κ1) is 27.5. The van der Waals surface area contributed by atoms with Crippen LogP contribution in [0.2, 0.25) is 0 Å². The van der Waals surface area contributed by atoms with Crippen LogP contribution in [0.1, 0.15) is 156 Å². The fourth-order valence-corrected chi connectivity index (χ4v) is 3.97. The van der Waals surface area contributed by atoms with Gasteiger partial charge in [0.05, 0.1) is 0 Å². The summed E-state index contributed by atoms with van der Waals surface area (Å²) in [5.41, 5.74) is 3.26. The molecule has 0 aromatic carbocycles. The fourth-order valence-electron chi connectivity index (χ4n) is 3.97. The average molecular weight is 391 g/mol. The van der Waals surface area contributed by atoms with E-state index in [-0.39, 0.29) is 0 Å². The first-order valence-electron chi connectivity index (χ1n) is 13.1. The van der Waals surface area contributed by atoms with Gasteiger partial charge in [-0.15, -0.1) is 0 Å². The van der Waals surface area contributed by atoms with E-state index in [1.807, 2.05) is 0 Å². The highest BCUT2D eigenvalue weighted by Gasteiger charge is 1.99. The minimum absolute atomic E-state index is 1.27. The zero-order valence-corrected chi connectivity index (χ0v) is 20.1. The highest BCUT2D eigenvalue weighted by molar-refractivity contribution is 5.01. The SMILES string of the molecule is C=C(CCCCCC)CCCCCCCCC=C(CCCC)CCCCCC. The van der Waals surface area contributed by atoms with Crippen molar-refractivity contribution in [1.82, 2.24) is 0 Å².